The molecule has 0 radical (unpaired) electrons. The zero-order chi connectivity index (χ0) is 12.3. The topological polar surface area (TPSA) is 29.9 Å². The molecule has 0 fully saturated rings. The highest BCUT2D eigenvalue weighted by Crippen LogP contribution is 2.12. The van der Waals surface area contributed by atoms with Gasteiger partial charge in [-0.15, -0.1) is 0 Å². The molecule has 1 N–H and O–H groups in total. The van der Waals surface area contributed by atoms with Gasteiger partial charge in [-0.2, -0.15) is 0 Å². The van der Waals surface area contributed by atoms with Gasteiger partial charge in [-0.25, -0.2) is 13.8 Å². The molecule has 2 rings (SSSR count). The second-order valence-corrected chi connectivity index (χ2v) is 3.79. The van der Waals surface area contributed by atoms with Crippen LogP contribution in [0.15, 0.2) is 30.6 Å². The van der Waals surface area contributed by atoms with Gasteiger partial charge in [0, 0.05) is 44.2 Å². The zero-order valence-corrected chi connectivity index (χ0v) is 9.45. The van der Waals surface area contributed by atoms with Crippen LogP contribution in [-0.2, 0) is 13.5 Å². The van der Waals surface area contributed by atoms with Crippen molar-refractivity contribution >= 4 is 5.69 Å². The van der Waals surface area contributed by atoms with E-state index in [9.17, 15) is 8.78 Å². The van der Waals surface area contributed by atoms with Gasteiger partial charge in [-0.05, 0) is 12.1 Å². The number of rotatable bonds is 4. The lowest BCUT2D eigenvalue weighted by Crippen LogP contribution is -2.08. The van der Waals surface area contributed by atoms with Crippen LogP contribution in [0.2, 0.25) is 0 Å². The number of aromatic nitrogens is 2. The van der Waals surface area contributed by atoms with E-state index in [0.717, 1.165) is 11.9 Å². The van der Waals surface area contributed by atoms with Crippen LogP contribution in [0.25, 0.3) is 0 Å². The molecular weight excluding hydrogens is 224 g/mol. The highest BCUT2D eigenvalue weighted by molar-refractivity contribution is 5.43. The van der Waals surface area contributed by atoms with Crippen molar-refractivity contribution in [2.75, 3.05) is 11.9 Å². The predicted molar refractivity (Wildman–Crippen MR) is 61.8 cm³/mol. The van der Waals surface area contributed by atoms with Gasteiger partial charge >= 0.3 is 0 Å². The molecule has 2 aromatic rings. The number of halogens is 2. The Bertz CT molecular complexity index is 488. The van der Waals surface area contributed by atoms with Crippen LogP contribution >= 0.6 is 0 Å². The molecule has 0 spiro atoms. The van der Waals surface area contributed by atoms with Crippen molar-refractivity contribution in [3.63, 3.8) is 0 Å². The Balaban J connectivity index is 1.92. The minimum Gasteiger partial charge on any atom is -0.384 e. The zero-order valence-electron chi connectivity index (χ0n) is 9.45. The van der Waals surface area contributed by atoms with Crippen LogP contribution < -0.4 is 5.32 Å². The van der Waals surface area contributed by atoms with E-state index < -0.39 is 11.6 Å². The summed E-state index contributed by atoms with van der Waals surface area (Å²) < 4.78 is 27.7. The predicted octanol–water partition coefficient (Wildman–Crippen LogP) is 2.35. The van der Waals surface area contributed by atoms with Crippen molar-refractivity contribution in [1.29, 1.82) is 0 Å². The minimum atomic E-state index is -0.579. The molecule has 0 atom stereocenters. The van der Waals surface area contributed by atoms with Crippen LogP contribution in [0.3, 0.4) is 0 Å². The molecule has 90 valence electrons. The highest BCUT2D eigenvalue weighted by atomic mass is 19.1. The Hall–Kier alpha value is -1.91. The summed E-state index contributed by atoms with van der Waals surface area (Å²) in [5.41, 5.74) is 0.441. The third kappa shape index (κ3) is 3.03. The van der Waals surface area contributed by atoms with E-state index in [4.69, 9.17) is 0 Å². The number of nitrogens with one attached hydrogen (secondary N) is 1. The summed E-state index contributed by atoms with van der Waals surface area (Å²) in [5.74, 6) is -0.233. The van der Waals surface area contributed by atoms with Crippen LogP contribution in [0.5, 0.6) is 0 Å². The summed E-state index contributed by atoms with van der Waals surface area (Å²) in [7, 11) is 1.91. The van der Waals surface area contributed by atoms with Crippen molar-refractivity contribution in [3.8, 4) is 0 Å². The van der Waals surface area contributed by atoms with Gasteiger partial charge in [-0.1, -0.05) is 0 Å². The Labute approximate surface area is 98.1 Å². The van der Waals surface area contributed by atoms with E-state index in [2.05, 4.69) is 10.3 Å². The quantitative estimate of drug-likeness (QED) is 0.884. The molecule has 0 aliphatic heterocycles. The fourth-order valence-corrected chi connectivity index (χ4v) is 1.61. The standard InChI is InChI=1S/C12H13F2N3/c1-17-5-4-16-12(17)2-3-15-11-7-9(13)6-10(14)8-11/h4-8,15H,2-3H2,1H3. The Kier molecular flexibility index (Phi) is 3.37. The molecule has 0 amide bonds. The second kappa shape index (κ2) is 4.95. The number of aryl methyl sites for hydroxylation is 1. The maximum Gasteiger partial charge on any atom is 0.128 e. The number of nitrogens with zero attached hydrogens (tertiary/aromatic N) is 2. The van der Waals surface area contributed by atoms with Crippen LogP contribution in [-0.4, -0.2) is 16.1 Å². The average Bonchev–Trinajstić information content (AvgIpc) is 2.63. The third-order valence-corrected chi connectivity index (χ3v) is 2.46. The Morgan fingerprint density at radius 1 is 1.24 bits per heavy atom. The maximum atomic E-state index is 12.9. The molecule has 0 bridgehead atoms. The SMILES string of the molecule is Cn1ccnc1CCNc1cc(F)cc(F)c1. The molecular formula is C12H13F2N3. The lowest BCUT2D eigenvalue weighted by Gasteiger charge is -2.06. The third-order valence-electron chi connectivity index (χ3n) is 2.46. The van der Waals surface area contributed by atoms with Crippen molar-refractivity contribution in [2.24, 2.45) is 7.05 Å². The van der Waals surface area contributed by atoms with Crippen molar-refractivity contribution < 1.29 is 8.78 Å². The first-order valence-electron chi connectivity index (χ1n) is 5.31. The van der Waals surface area contributed by atoms with Gasteiger partial charge in [0.1, 0.15) is 17.5 Å². The summed E-state index contributed by atoms with van der Waals surface area (Å²) in [6.07, 6.45) is 4.27. The molecule has 0 unspecified atom stereocenters. The van der Waals surface area contributed by atoms with Gasteiger partial charge in [0.25, 0.3) is 0 Å². The first kappa shape index (κ1) is 11.6. The number of hydrogen-bond acceptors (Lipinski definition) is 2. The summed E-state index contributed by atoms with van der Waals surface area (Å²) in [6.45, 7) is 0.577. The van der Waals surface area contributed by atoms with E-state index in [-0.39, 0.29) is 0 Å². The Morgan fingerprint density at radius 2 is 1.94 bits per heavy atom. The molecule has 0 saturated carbocycles. The van der Waals surface area contributed by atoms with Gasteiger partial charge in [-0.3, -0.25) is 0 Å². The molecule has 1 aromatic heterocycles. The smallest absolute Gasteiger partial charge is 0.128 e. The summed E-state index contributed by atoms with van der Waals surface area (Å²) in [4.78, 5) is 4.16. The van der Waals surface area contributed by atoms with Crippen LogP contribution in [0, 0.1) is 11.6 Å². The van der Waals surface area contributed by atoms with Crippen LogP contribution in [0.1, 0.15) is 5.82 Å². The number of imidazole rings is 1. The van der Waals surface area contributed by atoms with Crippen molar-refractivity contribution in [2.45, 2.75) is 6.42 Å². The molecule has 0 saturated heterocycles. The lowest BCUT2D eigenvalue weighted by atomic mass is 10.3. The second-order valence-electron chi connectivity index (χ2n) is 3.79. The van der Waals surface area contributed by atoms with E-state index in [0.29, 0.717) is 18.7 Å². The van der Waals surface area contributed by atoms with Crippen LogP contribution in [0.4, 0.5) is 14.5 Å². The number of benzene rings is 1. The first-order valence-corrected chi connectivity index (χ1v) is 5.31. The average molecular weight is 237 g/mol. The summed E-state index contributed by atoms with van der Waals surface area (Å²) in [5, 5.41) is 2.96. The van der Waals surface area contributed by atoms with E-state index >= 15 is 0 Å². The summed E-state index contributed by atoms with van der Waals surface area (Å²) in [6, 6.07) is 3.38. The van der Waals surface area contributed by atoms with Gasteiger partial charge in [0.05, 0.1) is 0 Å². The largest absolute Gasteiger partial charge is 0.384 e. The van der Waals surface area contributed by atoms with E-state index in [1.807, 2.05) is 17.8 Å². The highest BCUT2D eigenvalue weighted by Gasteiger charge is 2.01. The van der Waals surface area contributed by atoms with Crippen molar-refractivity contribution in [3.05, 3.63) is 48.1 Å². The number of anilines is 1. The van der Waals surface area contributed by atoms with Gasteiger partial charge in [0.15, 0.2) is 0 Å². The van der Waals surface area contributed by atoms with Gasteiger partial charge < -0.3 is 9.88 Å². The maximum absolute atomic E-state index is 12.9. The molecule has 17 heavy (non-hydrogen) atoms. The van der Waals surface area contributed by atoms with Gasteiger partial charge in [0.2, 0.25) is 0 Å². The molecule has 5 heteroatoms. The summed E-state index contributed by atoms with van der Waals surface area (Å²) >= 11 is 0. The molecule has 1 aromatic carbocycles. The fourth-order valence-electron chi connectivity index (χ4n) is 1.61. The molecule has 1 heterocycles. The number of hydrogen-bond donors (Lipinski definition) is 1. The molecule has 0 aliphatic rings. The first-order chi connectivity index (χ1) is 8.15. The minimum absolute atomic E-state index is 0.441. The monoisotopic (exact) mass is 237 g/mol. The van der Waals surface area contributed by atoms with Crippen molar-refractivity contribution in [1.82, 2.24) is 9.55 Å². The Morgan fingerprint density at radius 3 is 2.53 bits per heavy atom. The molecule has 0 aliphatic carbocycles. The van der Waals surface area contributed by atoms with E-state index in [1.165, 1.54) is 12.1 Å². The molecule has 3 nitrogen and oxygen atoms in total. The van der Waals surface area contributed by atoms with E-state index in [1.54, 1.807) is 6.20 Å². The lowest BCUT2D eigenvalue weighted by molar-refractivity contribution is 0.584. The normalized spacial score (nSPS) is 10.5. The fraction of sp³-hybridized carbons (Fsp3) is 0.250.